The number of rotatable bonds is 4. The molecule has 112 valence electrons. The predicted octanol–water partition coefficient (Wildman–Crippen LogP) is 2.38. The Kier molecular flexibility index (Phi) is 3.81. The largest absolute Gasteiger partial charge is 0.382 e. The monoisotopic (exact) mass is 323 g/mol. The van der Waals surface area contributed by atoms with Gasteiger partial charge in [0.05, 0.1) is 5.69 Å². The van der Waals surface area contributed by atoms with Gasteiger partial charge in [-0.05, 0) is 26.2 Å². The lowest BCUT2D eigenvalue weighted by molar-refractivity contribution is 0.103. The molecule has 0 radical (unpaired) electrons. The summed E-state index contributed by atoms with van der Waals surface area (Å²) < 4.78 is 0. The molecule has 1 aliphatic rings. The zero-order valence-corrected chi connectivity index (χ0v) is 13.6. The lowest BCUT2D eigenvalue weighted by atomic mass is 10.4. The summed E-state index contributed by atoms with van der Waals surface area (Å²) in [5, 5.41) is 4.25. The summed E-state index contributed by atoms with van der Waals surface area (Å²) in [6, 6.07) is 0. The van der Waals surface area contributed by atoms with Gasteiger partial charge >= 0.3 is 0 Å². The van der Waals surface area contributed by atoms with Gasteiger partial charge in [0.25, 0.3) is 5.91 Å². The number of aryl methyl sites for hydroxylation is 2. The van der Waals surface area contributed by atoms with E-state index in [-0.39, 0.29) is 11.7 Å². The topological polar surface area (TPSA) is 84.1 Å². The quantitative estimate of drug-likeness (QED) is 0.902. The Morgan fingerprint density at radius 1 is 1.38 bits per heavy atom. The molecule has 0 saturated carbocycles. The molecule has 0 bridgehead atoms. The van der Waals surface area contributed by atoms with Gasteiger partial charge in [-0.2, -0.15) is 0 Å². The van der Waals surface area contributed by atoms with Gasteiger partial charge in [-0.25, -0.2) is 9.97 Å². The lowest BCUT2D eigenvalue weighted by Gasteiger charge is -2.10. The van der Waals surface area contributed by atoms with Crippen LogP contribution in [-0.4, -0.2) is 29.5 Å². The molecular formula is C13H17N5OS2. The van der Waals surface area contributed by atoms with E-state index in [2.05, 4.69) is 15.3 Å². The smallest absolute Gasteiger partial charge is 0.271 e. The molecule has 8 heteroatoms. The first-order valence-corrected chi connectivity index (χ1v) is 8.49. The molecule has 0 fully saturated rings. The second-order valence-electron chi connectivity index (χ2n) is 4.92. The van der Waals surface area contributed by atoms with Gasteiger partial charge in [-0.3, -0.25) is 10.1 Å². The Labute approximate surface area is 131 Å². The highest BCUT2D eigenvalue weighted by Crippen LogP contribution is 2.32. The molecule has 3 rings (SSSR count). The minimum absolute atomic E-state index is 0.229. The third kappa shape index (κ3) is 2.73. The van der Waals surface area contributed by atoms with Crippen molar-refractivity contribution >= 4 is 44.7 Å². The molecule has 2 heterocycles. The number of nitrogen functional groups attached to an aromatic ring is 1. The van der Waals surface area contributed by atoms with Crippen LogP contribution in [0.4, 0.5) is 16.1 Å². The summed E-state index contributed by atoms with van der Waals surface area (Å²) >= 11 is 2.86. The van der Waals surface area contributed by atoms with Crippen molar-refractivity contribution in [2.24, 2.45) is 0 Å². The SMILES string of the molecule is CCN(C)c1nc(N)c(C(=O)Nc2nc3c(s2)CCC3)s1. The van der Waals surface area contributed by atoms with Crippen LogP contribution in [0.15, 0.2) is 0 Å². The maximum Gasteiger partial charge on any atom is 0.271 e. The summed E-state index contributed by atoms with van der Waals surface area (Å²) in [4.78, 5) is 24.7. The van der Waals surface area contributed by atoms with Crippen LogP contribution in [0.2, 0.25) is 0 Å². The van der Waals surface area contributed by atoms with E-state index in [1.807, 2.05) is 18.9 Å². The van der Waals surface area contributed by atoms with Crippen molar-refractivity contribution in [2.45, 2.75) is 26.2 Å². The molecule has 0 aliphatic heterocycles. The molecule has 0 spiro atoms. The molecule has 0 aromatic carbocycles. The van der Waals surface area contributed by atoms with E-state index >= 15 is 0 Å². The lowest BCUT2D eigenvalue weighted by Crippen LogP contribution is -2.15. The Morgan fingerprint density at radius 2 is 2.19 bits per heavy atom. The van der Waals surface area contributed by atoms with Gasteiger partial charge in [0, 0.05) is 18.5 Å². The average Bonchev–Trinajstić information content (AvgIpc) is 3.11. The number of hydrogen-bond donors (Lipinski definition) is 2. The molecule has 0 saturated heterocycles. The van der Waals surface area contributed by atoms with Gasteiger partial charge in [-0.1, -0.05) is 11.3 Å². The average molecular weight is 323 g/mol. The number of carbonyl (C=O) groups excluding carboxylic acids is 1. The third-order valence-corrected chi connectivity index (χ3v) is 5.72. The van der Waals surface area contributed by atoms with Crippen molar-refractivity contribution < 1.29 is 4.79 Å². The molecular weight excluding hydrogens is 306 g/mol. The zero-order valence-electron chi connectivity index (χ0n) is 12.0. The highest BCUT2D eigenvalue weighted by Gasteiger charge is 2.21. The Hall–Kier alpha value is -1.67. The second kappa shape index (κ2) is 5.61. The number of aromatic nitrogens is 2. The normalized spacial score (nSPS) is 13.2. The molecule has 0 unspecified atom stereocenters. The van der Waals surface area contributed by atoms with Crippen LogP contribution < -0.4 is 16.0 Å². The molecule has 2 aromatic heterocycles. The van der Waals surface area contributed by atoms with Crippen molar-refractivity contribution in [1.82, 2.24) is 9.97 Å². The van der Waals surface area contributed by atoms with Gasteiger partial charge in [0.1, 0.15) is 10.7 Å². The fraction of sp³-hybridized carbons (Fsp3) is 0.462. The van der Waals surface area contributed by atoms with Crippen molar-refractivity contribution in [3.8, 4) is 0 Å². The first-order chi connectivity index (χ1) is 10.1. The number of anilines is 3. The Balaban J connectivity index is 1.77. The minimum atomic E-state index is -0.229. The standard InChI is InChI=1S/C13H17N5OS2/c1-3-18(2)13-16-10(14)9(21-13)11(19)17-12-15-7-5-4-6-8(7)20-12/h3-6,14H2,1-2H3,(H,15,17,19). The van der Waals surface area contributed by atoms with Crippen LogP contribution >= 0.6 is 22.7 Å². The summed E-state index contributed by atoms with van der Waals surface area (Å²) in [6.45, 7) is 2.83. The number of carbonyl (C=O) groups is 1. The van der Waals surface area contributed by atoms with Crippen molar-refractivity contribution in [1.29, 1.82) is 0 Å². The highest BCUT2D eigenvalue weighted by molar-refractivity contribution is 7.18. The first kappa shape index (κ1) is 14.3. The van der Waals surface area contributed by atoms with Gasteiger partial charge in [-0.15, -0.1) is 11.3 Å². The molecule has 1 amide bonds. The van der Waals surface area contributed by atoms with Crippen LogP contribution in [-0.2, 0) is 12.8 Å². The summed E-state index contributed by atoms with van der Waals surface area (Å²) in [7, 11) is 1.92. The number of fused-ring (bicyclic) bond motifs is 1. The van der Waals surface area contributed by atoms with E-state index < -0.39 is 0 Å². The number of thiazole rings is 2. The Morgan fingerprint density at radius 3 is 2.90 bits per heavy atom. The van der Waals surface area contributed by atoms with E-state index in [0.29, 0.717) is 10.0 Å². The second-order valence-corrected chi connectivity index (χ2v) is 6.98. The number of nitrogens with two attached hydrogens (primary N) is 1. The van der Waals surface area contributed by atoms with Gasteiger partial charge in [0.2, 0.25) is 0 Å². The molecule has 2 aromatic rings. The molecule has 1 aliphatic carbocycles. The van der Waals surface area contributed by atoms with E-state index in [4.69, 9.17) is 5.73 Å². The van der Waals surface area contributed by atoms with E-state index in [1.165, 1.54) is 16.2 Å². The summed E-state index contributed by atoms with van der Waals surface area (Å²) in [6.07, 6.45) is 3.24. The number of nitrogens with zero attached hydrogens (tertiary/aromatic N) is 3. The van der Waals surface area contributed by atoms with Crippen LogP contribution in [0, 0.1) is 0 Å². The van der Waals surface area contributed by atoms with E-state index in [1.54, 1.807) is 11.3 Å². The van der Waals surface area contributed by atoms with Crippen LogP contribution in [0.25, 0.3) is 0 Å². The van der Waals surface area contributed by atoms with Crippen molar-refractivity contribution in [2.75, 3.05) is 29.5 Å². The zero-order chi connectivity index (χ0) is 15.0. The van der Waals surface area contributed by atoms with Crippen LogP contribution in [0.1, 0.15) is 33.6 Å². The fourth-order valence-electron chi connectivity index (χ4n) is 2.18. The Bertz CT molecular complexity index is 657. The predicted molar refractivity (Wildman–Crippen MR) is 87.6 cm³/mol. The number of hydrogen-bond acceptors (Lipinski definition) is 7. The number of amides is 1. The van der Waals surface area contributed by atoms with Crippen LogP contribution in [0.5, 0.6) is 0 Å². The van der Waals surface area contributed by atoms with Gasteiger partial charge < -0.3 is 10.6 Å². The first-order valence-electron chi connectivity index (χ1n) is 6.85. The van der Waals surface area contributed by atoms with Crippen molar-refractivity contribution in [3.05, 3.63) is 15.4 Å². The molecule has 0 atom stereocenters. The highest BCUT2D eigenvalue weighted by atomic mass is 32.1. The molecule has 3 N–H and O–H groups in total. The van der Waals surface area contributed by atoms with Crippen molar-refractivity contribution in [3.63, 3.8) is 0 Å². The minimum Gasteiger partial charge on any atom is -0.382 e. The van der Waals surface area contributed by atoms with E-state index in [0.717, 1.165) is 36.6 Å². The fourth-order valence-corrected chi connectivity index (χ4v) is 4.13. The third-order valence-electron chi connectivity index (χ3n) is 3.47. The maximum absolute atomic E-state index is 12.3. The van der Waals surface area contributed by atoms with Crippen LogP contribution in [0.3, 0.4) is 0 Å². The van der Waals surface area contributed by atoms with E-state index in [9.17, 15) is 4.79 Å². The number of nitrogens with one attached hydrogen (secondary N) is 1. The van der Waals surface area contributed by atoms with Gasteiger partial charge in [0.15, 0.2) is 10.3 Å². The maximum atomic E-state index is 12.3. The summed E-state index contributed by atoms with van der Waals surface area (Å²) in [5.41, 5.74) is 6.98. The molecule has 6 nitrogen and oxygen atoms in total. The molecule has 21 heavy (non-hydrogen) atoms. The summed E-state index contributed by atoms with van der Waals surface area (Å²) in [5.74, 6) is 0.0464.